The lowest BCUT2D eigenvalue weighted by molar-refractivity contribution is -0.243. The Kier molecular flexibility index (Phi) is 3.45. The monoisotopic (exact) mass is 214 g/mol. The maximum Gasteiger partial charge on any atom is 0.220 e. The molecule has 2 aliphatic heterocycles. The van der Waals surface area contributed by atoms with E-state index in [0.29, 0.717) is 26.1 Å². The van der Waals surface area contributed by atoms with E-state index >= 15 is 0 Å². The molecule has 2 aliphatic rings. The molecular weight excluding hydrogens is 200 g/mol. The van der Waals surface area contributed by atoms with Gasteiger partial charge in [0, 0.05) is 12.8 Å². The molecule has 2 rings (SSSR count). The number of hydrogen-bond donors (Lipinski definition) is 0. The van der Waals surface area contributed by atoms with Gasteiger partial charge in [0.15, 0.2) is 11.6 Å². The Bertz CT molecular complexity index is 237. The van der Waals surface area contributed by atoms with E-state index in [0.717, 1.165) is 12.8 Å². The number of ether oxygens (including phenoxy) is 3. The van der Waals surface area contributed by atoms with Crippen molar-refractivity contribution in [3.05, 3.63) is 0 Å². The zero-order chi connectivity index (χ0) is 10.7. The first-order valence-corrected chi connectivity index (χ1v) is 5.21. The van der Waals surface area contributed by atoms with Gasteiger partial charge in [-0.3, -0.25) is 9.59 Å². The summed E-state index contributed by atoms with van der Waals surface area (Å²) in [6, 6.07) is 0. The summed E-state index contributed by atoms with van der Waals surface area (Å²) >= 11 is 0. The summed E-state index contributed by atoms with van der Waals surface area (Å²) in [6.07, 6.45) is 0.518. The summed E-state index contributed by atoms with van der Waals surface area (Å²) in [5, 5.41) is 0. The number of carbonyl (C=O) groups is 2. The van der Waals surface area contributed by atoms with Gasteiger partial charge in [0.1, 0.15) is 0 Å². The molecule has 0 aromatic rings. The van der Waals surface area contributed by atoms with Crippen molar-refractivity contribution < 1.29 is 23.8 Å². The van der Waals surface area contributed by atoms with Crippen molar-refractivity contribution >= 4 is 11.6 Å². The minimum Gasteiger partial charge on any atom is -0.346 e. The first-order chi connectivity index (χ1) is 7.27. The maximum absolute atomic E-state index is 11.4. The van der Waals surface area contributed by atoms with Crippen LogP contribution in [0.4, 0.5) is 0 Å². The SMILES string of the molecule is O=C1CCCOC1OC1OCCCC1=O. The third-order valence-corrected chi connectivity index (χ3v) is 2.45. The van der Waals surface area contributed by atoms with Crippen LogP contribution in [-0.2, 0) is 23.8 Å². The highest BCUT2D eigenvalue weighted by atomic mass is 16.8. The molecule has 5 heteroatoms. The molecule has 0 aromatic heterocycles. The molecular formula is C10H14O5. The molecule has 0 aromatic carbocycles. The van der Waals surface area contributed by atoms with Crippen LogP contribution in [0.2, 0.25) is 0 Å². The molecule has 0 spiro atoms. The molecule has 0 amide bonds. The van der Waals surface area contributed by atoms with E-state index in [9.17, 15) is 9.59 Å². The number of carbonyl (C=O) groups excluding carboxylic acids is 2. The first kappa shape index (κ1) is 10.7. The van der Waals surface area contributed by atoms with E-state index in [1.165, 1.54) is 0 Å². The van der Waals surface area contributed by atoms with Crippen LogP contribution < -0.4 is 0 Å². The van der Waals surface area contributed by atoms with Crippen LogP contribution >= 0.6 is 0 Å². The lowest BCUT2D eigenvalue weighted by atomic mass is 10.1. The predicted octanol–water partition coefficient (Wildman–Crippen LogP) is 0.414. The van der Waals surface area contributed by atoms with Gasteiger partial charge in [0.25, 0.3) is 0 Å². The molecule has 2 atom stereocenters. The zero-order valence-electron chi connectivity index (χ0n) is 8.44. The summed E-state index contributed by atoms with van der Waals surface area (Å²) in [6.45, 7) is 0.995. The Balaban J connectivity index is 1.89. The van der Waals surface area contributed by atoms with Crippen molar-refractivity contribution in [3.8, 4) is 0 Å². The lowest BCUT2D eigenvalue weighted by Gasteiger charge is -2.27. The van der Waals surface area contributed by atoms with Crippen molar-refractivity contribution in [2.45, 2.75) is 38.3 Å². The Labute approximate surface area is 87.7 Å². The van der Waals surface area contributed by atoms with Gasteiger partial charge in [0.2, 0.25) is 12.6 Å². The van der Waals surface area contributed by atoms with Gasteiger partial charge in [-0.05, 0) is 12.8 Å². The average molecular weight is 214 g/mol. The average Bonchev–Trinajstić information content (AvgIpc) is 2.24. The predicted molar refractivity (Wildman–Crippen MR) is 49.0 cm³/mol. The van der Waals surface area contributed by atoms with Gasteiger partial charge in [0.05, 0.1) is 13.2 Å². The van der Waals surface area contributed by atoms with Gasteiger partial charge in [-0.2, -0.15) is 0 Å². The highest BCUT2D eigenvalue weighted by Crippen LogP contribution is 2.17. The van der Waals surface area contributed by atoms with E-state index in [1.807, 2.05) is 0 Å². The highest BCUT2D eigenvalue weighted by molar-refractivity contribution is 5.84. The van der Waals surface area contributed by atoms with E-state index < -0.39 is 12.6 Å². The summed E-state index contributed by atoms with van der Waals surface area (Å²) in [7, 11) is 0. The van der Waals surface area contributed by atoms with Crippen LogP contribution in [0, 0.1) is 0 Å². The van der Waals surface area contributed by atoms with E-state index in [2.05, 4.69) is 0 Å². The molecule has 84 valence electrons. The second-order valence-electron chi connectivity index (χ2n) is 3.68. The van der Waals surface area contributed by atoms with Crippen molar-refractivity contribution in [1.82, 2.24) is 0 Å². The van der Waals surface area contributed by atoms with Crippen LogP contribution in [0.1, 0.15) is 25.7 Å². The molecule has 0 bridgehead atoms. The normalized spacial score (nSPS) is 33.1. The number of rotatable bonds is 2. The fourth-order valence-electron chi connectivity index (χ4n) is 1.64. The Morgan fingerprint density at radius 2 is 1.40 bits per heavy atom. The summed E-state index contributed by atoms with van der Waals surface area (Å²) in [4.78, 5) is 22.7. The standard InChI is InChI=1S/C10H14O5/c11-7-3-1-5-13-9(7)15-10-8(12)4-2-6-14-10/h9-10H,1-6H2. The van der Waals surface area contributed by atoms with E-state index in [4.69, 9.17) is 14.2 Å². The topological polar surface area (TPSA) is 61.8 Å². The van der Waals surface area contributed by atoms with E-state index in [1.54, 1.807) is 0 Å². The minimum absolute atomic E-state index is 0.108. The van der Waals surface area contributed by atoms with Crippen molar-refractivity contribution in [1.29, 1.82) is 0 Å². The third kappa shape index (κ3) is 2.62. The largest absolute Gasteiger partial charge is 0.346 e. The Hall–Kier alpha value is -0.780. The van der Waals surface area contributed by atoms with Gasteiger partial charge in [-0.15, -0.1) is 0 Å². The van der Waals surface area contributed by atoms with Gasteiger partial charge >= 0.3 is 0 Å². The molecule has 2 saturated heterocycles. The van der Waals surface area contributed by atoms with Crippen LogP contribution in [-0.4, -0.2) is 37.4 Å². The molecule has 2 heterocycles. The number of Topliss-reactive ketones (excluding diaryl/α,β-unsaturated/α-hetero) is 2. The summed E-state index contributed by atoms with van der Waals surface area (Å²) in [5.74, 6) is -0.216. The van der Waals surface area contributed by atoms with Crippen LogP contribution in [0.5, 0.6) is 0 Å². The van der Waals surface area contributed by atoms with Crippen LogP contribution in [0.3, 0.4) is 0 Å². The fraction of sp³-hybridized carbons (Fsp3) is 0.800. The zero-order valence-corrected chi connectivity index (χ0v) is 8.44. The Morgan fingerprint density at radius 3 is 1.80 bits per heavy atom. The molecule has 2 unspecified atom stereocenters. The highest BCUT2D eigenvalue weighted by Gasteiger charge is 2.32. The summed E-state index contributed by atoms with van der Waals surface area (Å²) < 4.78 is 15.5. The quantitative estimate of drug-likeness (QED) is 0.666. The smallest absolute Gasteiger partial charge is 0.220 e. The van der Waals surface area contributed by atoms with Gasteiger partial charge in [-0.25, -0.2) is 0 Å². The van der Waals surface area contributed by atoms with Crippen molar-refractivity contribution in [2.75, 3.05) is 13.2 Å². The molecule has 5 nitrogen and oxygen atoms in total. The molecule has 2 fully saturated rings. The maximum atomic E-state index is 11.4. The van der Waals surface area contributed by atoms with Crippen LogP contribution in [0.15, 0.2) is 0 Å². The van der Waals surface area contributed by atoms with E-state index in [-0.39, 0.29) is 11.6 Å². The van der Waals surface area contributed by atoms with Crippen molar-refractivity contribution in [3.63, 3.8) is 0 Å². The van der Waals surface area contributed by atoms with Crippen LogP contribution in [0.25, 0.3) is 0 Å². The molecule has 0 N–H and O–H groups in total. The van der Waals surface area contributed by atoms with Gasteiger partial charge < -0.3 is 14.2 Å². The lowest BCUT2D eigenvalue weighted by Crippen LogP contribution is -2.41. The fourth-order valence-corrected chi connectivity index (χ4v) is 1.64. The second-order valence-corrected chi connectivity index (χ2v) is 3.68. The molecule has 0 radical (unpaired) electrons. The number of ketones is 2. The first-order valence-electron chi connectivity index (χ1n) is 5.21. The molecule has 0 aliphatic carbocycles. The minimum atomic E-state index is -0.911. The third-order valence-electron chi connectivity index (χ3n) is 2.45. The Morgan fingerprint density at radius 1 is 0.933 bits per heavy atom. The van der Waals surface area contributed by atoms with Gasteiger partial charge in [-0.1, -0.05) is 0 Å². The number of hydrogen-bond acceptors (Lipinski definition) is 5. The summed E-state index contributed by atoms with van der Waals surface area (Å²) in [5.41, 5.74) is 0. The molecule has 0 saturated carbocycles. The second kappa shape index (κ2) is 4.83. The van der Waals surface area contributed by atoms with Crippen molar-refractivity contribution in [2.24, 2.45) is 0 Å². The molecule has 15 heavy (non-hydrogen) atoms.